The number of anilines is 3. The molecule has 1 N–H and O–H groups in total. The van der Waals surface area contributed by atoms with Crippen LogP contribution in [0, 0.1) is 0 Å². The number of benzene rings is 1. The van der Waals surface area contributed by atoms with Gasteiger partial charge in [-0.15, -0.1) is 11.3 Å². The molecule has 3 aliphatic rings. The van der Waals surface area contributed by atoms with Gasteiger partial charge in [0.05, 0.1) is 30.3 Å². The lowest BCUT2D eigenvalue weighted by Gasteiger charge is -2.30. The normalized spacial score (nSPS) is 16.4. The fourth-order valence-electron chi connectivity index (χ4n) is 6.46. The number of carbonyl (C=O) groups is 1. The smallest absolute Gasteiger partial charge is 0.274 e. The fraction of sp³-hybridized carbons (Fsp3) is 0.387. The second kappa shape index (κ2) is 10.1. The predicted octanol–water partition coefficient (Wildman–Crippen LogP) is 5.23. The van der Waals surface area contributed by atoms with Gasteiger partial charge in [-0.1, -0.05) is 19.1 Å². The third kappa shape index (κ3) is 4.19. The van der Waals surface area contributed by atoms with E-state index in [9.17, 15) is 9.59 Å². The lowest BCUT2D eigenvalue weighted by molar-refractivity contribution is 0.0801. The Kier molecular flexibility index (Phi) is 6.35. The van der Waals surface area contributed by atoms with E-state index in [1.807, 2.05) is 34.0 Å². The lowest BCUT2D eigenvalue weighted by atomic mass is 9.91. The first-order valence-corrected chi connectivity index (χ1v) is 15.0. The summed E-state index contributed by atoms with van der Waals surface area (Å²) < 4.78 is 9.06. The van der Waals surface area contributed by atoms with Crippen LogP contribution in [0.15, 0.2) is 41.3 Å². The van der Waals surface area contributed by atoms with Crippen LogP contribution in [0.1, 0.15) is 56.7 Å². The van der Waals surface area contributed by atoms with Crippen LogP contribution in [0.3, 0.4) is 0 Å². The average molecular weight is 556 g/mol. The zero-order valence-corrected chi connectivity index (χ0v) is 23.8. The number of fused-ring (bicyclic) bond motifs is 4. The highest BCUT2D eigenvalue weighted by Gasteiger charge is 2.33. The summed E-state index contributed by atoms with van der Waals surface area (Å²) in [5.41, 5.74) is 8.12. The highest BCUT2D eigenvalue weighted by atomic mass is 32.1. The Hall–Kier alpha value is -3.69. The van der Waals surface area contributed by atoms with Crippen molar-refractivity contribution in [1.29, 1.82) is 0 Å². The molecule has 5 heterocycles. The van der Waals surface area contributed by atoms with Gasteiger partial charge < -0.3 is 19.5 Å². The summed E-state index contributed by atoms with van der Waals surface area (Å²) >= 11 is 1.72. The molecule has 2 aliphatic heterocycles. The van der Waals surface area contributed by atoms with Crippen LogP contribution in [-0.2, 0) is 50.6 Å². The first kappa shape index (κ1) is 25.3. The molecule has 0 bridgehead atoms. The molecule has 0 spiro atoms. The Morgan fingerprint density at radius 3 is 2.80 bits per heavy atom. The summed E-state index contributed by atoms with van der Waals surface area (Å²) in [5, 5.41) is 7.87. The number of carbonyl (C=O) groups excluding carboxylic acids is 1. The number of hydrogen-bond donors (Lipinski definition) is 1. The molecule has 0 atom stereocenters. The minimum atomic E-state index is -0.124. The highest BCUT2D eigenvalue weighted by Crippen LogP contribution is 2.40. The van der Waals surface area contributed by atoms with Gasteiger partial charge in [-0.3, -0.25) is 14.3 Å². The van der Waals surface area contributed by atoms with Crippen molar-refractivity contribution in [3.05, 3.63) is 79.0 Å². The number of rotatable bonds is 5. The van der Waals surface area contributed by atoms with Gasteiger partial charge in [0.1, 0.15) is 5.69 Å². The number of aromatic nitrogens is 3. The zero-order chi connectivity index (χ0) is 27.4. The Labute approximate surface area is 237 Å². The maximum Gasteiger partial charge on any atom is 0.274 e. The number of nitrogens with one attached hydrogen (secondary N) is 1. The van der Waals surface area contributed by atoms with Crippen LogP contribution in [0.4, 0.5) is 17.2 Å². The molecule has 4 aromatic rings. The van der Waals surface area contributed by atoms with Crippen molar-refractivity contribution >= 4 is 34.4 Å². The number of amides is 1. The minimum Gasteiger partial charge on any atom is -0.373 e. The number of thiophene rings is 1. The molecule has 0 fully saturated rings. The molecule has 206 valence electrons. The molecule has 0 saturated heterocycles. The maximum absolute atomic E-state index is 13.9. The summed E-state index contributed by atoms with van der Waals surface area (Å²) in [7, 11) is 1.77. The third-order valence-corrected chi connectivity index (χ3v) is 9.74. The van der Waals surface area contributed by atoms with E-state index in [1.54, 1.807) is 23.0 Å². The van der Waals surface area contributed by atoms with Gasteiger partial charge in [0.2, 0.25) is 0 Å². The standard InChI is InChI=1S/C31H33N5O3S/c1-3-21-22(19-15-25(30(37)34(2)17-19)32-28-16-20-18-39-14-13-36(20)33-28)8-6-9-26(21)35-12-11-24-23-7-4-5-10-27(23)40-29(24)31(35)38/h6,8-9,15-17H,3-5,7,10-14,18H2,1-2H3,(H,32,33). The Morgan fingerprint density at radius 1 is 1.07 bits per heavy atom. The number of ether oxygens (including phenoxy) is 1. The van der Waals surface area contributed by atoms with E-state index in [0.717, 1.165) is 58.6 Å². The quantitative estimate of drug-likeness (QED) is 0.365. The molecule has 8 nitrogen and oxygen atoms in total. The van der Waals surface area contributed by atoms with E-state index in [2.05, 4.69) is 29.5 Å². The number of hydrogen-bond acceptors (Lipinski definition) is 6. The molecule has 1 amide bonds. The molecule has 0 saturated carbocycles. The Balaban J connectivity index is 1.25. The van der Waals surface area contributed by atoms with E-state index in [0.29, 0.717) is 37.8 Å². The molecule has 7 rings (SSSR count). The van der Waals surface area contributed by atoms with Gasteiger partial charge in [-0.2, -0.15) is 5.10 Å². The highest BCUT2D eigenvalue weighted by molar-refractivity contribution is 7.14. The van der Waals surface area contributed by atoms with Crippen LogP contribution in [0.25, 0.3) is 11.1 Å². The van der Waals surface area contributed by atoms with Gasteiger partial charge in [-0.05, 0) is 72.9 Å². The van der Waals surface area contributed by atoms with Crippen molar-refractivity contribution in [2.75, 3.05) is 23.4 Å². The Bertz CT molecular complexity index is 1670. The maximum atomic E-state index is 13.9. The summed E-state index contributed by atoms with van der Waals surface area (Å²) in [5.74, 6) is 0.760. The molecule has 0 radical (unpaired) electrons. The van der Waals surface area contributed by atoms with E-state index >= 15 is 0 Å². The SMILES string of the molecule is CCc1c(-c2cc(Nc3cc4n(n3)CCOC4)c(=O)n(C)c2)cccc1N1CCc2c(sc3c2CCCC3)C1=O. The van der Waals surface area contributed by atoms with Crippen LogP contribution in [0.5, 0.6) is 0 Å². The monoisotopic (exact) mass is 555 g/mol. The third-order valence-electron chi connectivity index (χ3n) is 8.42. The van der Waals surface area contributed by atoms with Crippen LogP contribution < -0.4 is 15.8 Å². The van der Waals surface area contributed by atoms with Crippen LogP contribution in [0.2, 0.25) is 0 Å². The summed E-state index contributed by atoms with van der Waals surface area (Å²) in [6, 6.07) is 10.0. The average Bonchev–Trinajstić information content (AvgIpc) is 3.56. The van der Waals surface area contributed by atoms with Crippen LogP contribution >= 0.6 is 11.3 Å². The van der Waals surface area contributed by atoms with Gasteiger partial charge in [-0.25, -0.2) is 0 Å². The largest absolute Gasteiger partial charge is 0.373 e. The Morgan fingerprint density at radius 2 is 1.95 bits per heavy atom. The molecular formula is C31H33N5O3S. The summed E-state index contributed by atoms with van der Waals surface area (Å²) in [4.78, 5) is 31.3. The van der Waals surface area contributed by atoms with E-state index < -0.39 is 0 Å². The molecule has 1 aliphatic carbocycles. The minimum absolute atomic E-state index is 0.124. The zero-order valence-electron chi connectivity index (χ0n) is 23.0. The van der Waals surface area contributed by atoms with Gasteiger partial charge in [0.25, 0.3) is 11.5 Å². The van der Waals surface area contributed by atoms with Crippen molar-refractivity contribution in [1.82, 2.24) is 14.3 Å². The second-order valence-electron chi connectivity index (χ2n) is 10.9. The molecule has 40 heavy (non-hydrogen) atoms. The number of pyridine rings is 1. The van der Waals surface area contributed by atoms with Gasteiger partial charge >= 0.3 is 0 Å². The van der Waals surface area contributed by atoms with E-state index in [1.165, 1.54) is 28.8 Å². The number of nitrogens with zero attached hydrogens (tertiary/aromatic N) is 4. The van der Waals surface area contributed by atoms with Crippen molar-refractivity contribution in [2.45, 2.75) is 58.6 Å². The van der Waals surface area contributed by atoms with Crippen molar-refractivity contribution < 1.29 is 9.53 Å². The predicted molar refractivity (Wildman–Crippen MR) is 158 cm³/mol. The topological polar surface area (TPSA) is 81.4 Å². The number of aryl methyl sites for hydroxylation is 2. The second-order valence-corrected chi connectivity index (χ2v) is 12.0. The fourth-order valence-corrected chi connectivity index (χ4v) is 7.84. The van der Waals surface area contributed by atoms with Crippen LogP contribution in [-0.4, -0.2) is 33.4 Å². The summed E-state index contributed by atoms with van der Waals surface area (Å²) in [6.07, 6.45) is 8.22. The molecule has 9 heteroatoms. The molecule has 0 unspecified atom stereocenters. The lowest BCUT2D eigenvalue weighted by Crippen LogP contribution is -2.37. The molecule has 3 aromatic heterocycles. The molecular weight excluding hydrogens is 522 g/mol. The van der Waals surface area contributed by atoms with E-state index in [4.69, 9.17) is 4.74 Å². The van der Waals surface area contributed by atoms with Crippen molar-refractivity contribution in [3.63, 3.8) is 0 Å². The van der Waals surface area contributed by atoms with Crippen molar-refractivity contribution in [3.8, 4) is 11.1 Å². The summed E-state index contributed by atoms with van der Waals surface area (Å²) in [6.45, 7) is 4.68. The first-order chi connectivity index (χ1) is 19.5. The molecule has 1 aromatic carbocycles. The first-order valence-electron chi connectivity index (χ1n) is 14.2. The van der Waals surface area contributed by atoms with Gasteiger partial charge in [0, 0.05) is 42.0 Å². The van der Waals surface area contributed by atoms with E-state index in [-0.39, 0.29) is 11.5 Å². The van der Waals surface area contributed by atoms with Crippen molar-refractivity contribution in [2.24, 2.45) is 7.05 Å². The van der Waals surface area contributed by atoms with Gasteiger partial charge in [0.15, 0.2) is 5.82 Å².